The van der Waals surface area contributed by atoms with Crippen LogP contribution < -0.4 is 5.73 Å². The van der Waals surface area contributed by atoms with E-state index in [1.54, 1.807) is 0 Å². The lowest BCUT2D eigenvalue weighted by Gasteiger charge is -1.53. The van der Waals surface area contributed by atoms with Gasteiger partial charge in [-0.25, -0.2) is 0 Å². The molecule has 0 radical (unpaired) electrons. The van der Waals surface area contributed by atoms with Gasteiger partial charge in [0, 0.05) is 0 Å². The molecule has 0 rings (SSSR count). The fourth-order valence-corrected chi connectivity index (χ4v) is 0. The Labute approximate surface area is 60.6 Å². The molecule has 0 spiro atoms. The van der Waals surface area contributed by atoms with Gasteiger partial charge in [0.25, 0.3) is 0 Å². The molecule has 0 saturated carbocycles. The third-order valence-corrected chi connectivity index (χ3v) is 0. The third kappa shape index (κ3) is 177000. The lowest BCUT2D eigenvalue weighted by atomic mass is 10.6. The number of rotatable bonds is 0. The molecule has 0 saturated heterocycles. The highest BCUT2D eigenvalue weighted by molar-refractivity contribution is 4.00. The Morgan fingerprint density at radius 3 is 0.778 bits per heavy atom. The average molecular weight is 133 g/mol. The standard InChI is InChI=1S/2C3H8.C2H7N/c2*1-3-2;1-2-3/h2*3H2,1-2H3;2-3H2,1H3. The average Bonchev–Trinajstić information content (AvgIpc) is 1.70. The maximum Gasteiger partial charge on any atom is -0.0106 e. The van der Waals surface area contributed by atoms with E-state index in [4.69, 9.17) is 5.73 Å². The minimum Gasteiger partial charge on any atom is -0.331 e. The lowest BCUT2D eigenvalue weighted by Crippen LogP contribution is -1.87. The second-order valence-electron chi connectivity index (χ2n) is 1.82. The Balaban J connectivity index is -0.0000000600. The molecular formula is C8H23N. The summed E-state index contributed by atoms with van der Waals surface area (Å²) in [5.41, 5.74) is 4.85. The first-order valence-corrected chi connectivity index (χ1v) is 3.94. The second-order valence-corrected chi connectivity index (χ2v) is 1.82. The molecule has 0 fully saturated rings. The first-order chi connectivity index (χ1) is 4.24. The summed E-state index contributed by atoms with van der Waals surface area (Å²) in [6.07, 6.45) is 2.50. The van der Waals surface area contributed by atoms with Gasteiger partial charge in [0.1, 0.15) is 0 Å². The van der Waals surface area contributed by atoms with Gasteiger partial charge in [0.05, 0.1) is 0 Å². The fraction of sp³-hybridized carbons (Fsp3) is 1.00. The SMILES string of the molecule is CCC.CCC.CCN. The highest BCUT2D eigenvalue weighted by Gasteiger charge is 1.36. The van der Waals surface area contributed by atoms with Crippen molar-refractivity contribution in [1.82, 2.24) is 0 Å². The van der Waals surface area contributed by atoms with Crippen LogP contribution in [0.1, 0.15) is 47.5 Å². The van der Waals surface area contributed by atoms with Crippen LogP contribution in [0.25, 0.3) is 0 Å². The van der Waals surface area contributed by atoms with Gasteiger partial charge in [-0.1, -0.05) is 47.5 Å². The Hall–Kier alpha value is -0.0400. The predicted molar refractivity (Wildman–Crippen MR) is 46.7 cm³/mol. The van der Waals surface area contributed by atoms with Gasteiger partial charge in [-0.3, -0.25) is 0 Å². The monoisotopic (exact) mass is 133 g/mol. The molecule has 0 heterocycles. The van der Waals surface area contributed by atoms with Gasteiger partial charge in [0.15, 0.2) is 0 Å². The van der Waals surface area contributed by atoms with E-state index in [2.05, 4.69) is 27.7 Å². The van der Waals surface area contributed by atoms with Gasteiger partial charge >= 0.3 is 0 Å². The predicted octanol–water partition coefficient (Wildman–Crippen LogP) is 2.80. The van der Waals surface area contributed by atoms with Crippen molar-refractivity contribution in [3.63, 3.8) is 0 Å². The summed E-state index contributed by atoms with van der Waals surface area (Å²) in [5, 5.41) is 0. The molecule has 0 aromatic carbocycles. The highest BCUT2D eigenvalue weighted by atomic mass is 14.5. The van der Waals surface area contributed by atoms with Crippen LogP contribution in [0.4, 0.5) is 0 Å². The van der Waals surface area contributed by atoms with E-state index in [9.17, 15) is 0 Å². The van der Waals surface area contributed by atoms with Crippen LogP contribution in [0.2, 0.25) is 0 Å². The molecule has 0 bridgehead atoms. The molecule has 1 heteroatoms. The normalized spacial score (nSPS) is 6.00. The summed E-state index contributed by atoms with van der Waals surface area (Å²) in [4.78, 5) is 0. The maximum absolute atomic E-state index is 4.85. The van der Waals surface area contributed by atoms with Crippen molar-refractivity contribution in [3.05, 3.63) is 0 Å². The summed E-state index contributed by atoms with van der Waals surface area (Å²) < 4.78 is 0. The van der Waals surface area contributed by atoms with Gasteiger partial charge in [0.2, 0.25) is 0 Å². The van der Waals surface area contributed by atoms with Crippen LogP contribution in [-0.4, -0.2) is 6.54 Å². The Morgan fingerprint density at radius 2 is 0.778 bits per heavy atom. The van der Waals surface area contributed by atoms with E-state index >= 15 is 0 Å². The van der Waals surface area contributed by atoms with Crippen molar-refractivity contribution in [1.29, 1.82) is 0 Å². The number of nitrogens with two attached hydrogens (primary N) is 1. The zero-order chi connectivity index (χ0) is 8.12. The fourth-order valence-electron chi connectivity index (χ4n) is 0. The van der Waals surface area contributed by atoms with Gasteiger partial charge in [-0.05, 0) is 6.54 Å². The van der Waals surface area contributed by atoms with Crippen LogP contribution >= 0.6 is 0 Å². The molecule has 0 unspecified atom stereocenters. The Kier molecular flexibility index (Phi) is 78.2. The zero-order valence-corrected chi connectivity index (χ0v) is 7.70. The molecule has 0 aliphatic carbocycles. The quantitative estimate of drug-likeness (QED) is 0.540. The molecule has 0 aliphatic heterocycles. The summed E-state index contributed by atoms with van der Waals surface area (Å²) in [6.45, 7) is 11.2. The van der Waals surface area contributed by atoms with E-state index in [-0.39, 0.29) is 0 Å². The second kappa shape index (κ2) is 44.0. The van der Waals surface area contributed by atoms with Crippen LogP contribution in [0, 0.1) is 0 Å². The molecule has 9 heavy (non-hydrogen) atoms. The van der Waals surface area contributed by atoms with Crippen LogP contribution in [0.3, 0.4) is 0 Å². The van der Waals surface area contributed by atoms with E-state index < -0.39 is 0 Å². The van der Waals surface area contributed by atoms with E-state index in [1.165, 1.54) is 12.8 Å². The summed E-state index contributed by atoms with van der Waals surface area (Å²) in [7, 11) is 0. The smallest absolute Gasteiger partial charge is 0.0106 e. The molecule has 0 aromatic rings. The van der Waals surface area contributed by atoms with Crippen molar-refractivity contribution in [2.45, 2.75) is 47.5 Å². The van der Waals surface area contributed by atoms with Crippen LogP contribution in [0.5, 0.6) is 0 Å². The van der Waals surface area contributed by atoms with Crippen molar-refractivity contribution in [2.24, 2.45) is 5.73 Å². The first kappa shape index (κ1) is 16.0. The summed E-state index contributed by atoms with van der Waals surface area (Å²) >= 11 is 0. The topological polar surface area (TPSA) is 26.0 Å². The molecule has 0 amide bonds. The first-order valence-electron chi connectivity index (χ1n) is 3.94. The van der Waals surface area contributed by atoms with Crippen LogP contribution in [0.15, 0.2) is 0 Å². The summed E-state index contributed by atoms with van der Waals surface area (Å²) in [6, 6.07) is 0. The zero-order valence-electron chi connectivity index (χ0n) is 7.70. The summed E-state index contributed by atoms with van der Waals surface area (Å²) in [5.74, 6) is 0. The lowest BCUT2D eigenvalue weighted by molar-refractivity contribution is 1.09. The molecular weight excluding hydrogens is 110 g/mol. The largest absolute Gasteiger partial charge is 0.331 e. The Bertz CT molecular complexity index is 9.28. The van der Waals surface area contributed by atoms with E-state index in [1.807, 2.05) is 6.92 Å². The molecule has 60 valence electrons. The highest BCUT2D eigenvalue weighted by Crippen LogP contribution is 1.56. The maximum atomic E-state index is 4.85. The minimum absolute atomic E-state index is 0.750. The molecule has 0 aliphatic rings. The van der Waals surface area contributed by atoms with E-state index in [0.29, 0.717) is 0 Å². The molecule has 0 atom stereocenters. The molecule has 0 aromatic heterocycles. The van der Waals surface area contributed by atoms with Crippen molar-refractivity contribution < 1.29 is 0 Å². The van der Waals surface area contributed by atoms with Crippen molar-refractivity contribution in [2.75, 3.05) is 6.54 Å². The molecule has 2 N–H and O–H groups in total. The van der Waals surface area contributed by atoms with Crippen molar-refractivity contribution >= 4 is 0 Å². The van der Waals surface area contributed by atoms with Crippen molar-refractivity contribution in [3.8, 4) is 0 Å². The minimum atomic E-state index is 0.750. The third-order valence-electron chi connectivity index (χ3n) is 0. The van der Waals surface area contributed by atoms with Crippen LogP contribution in [-0.2, 0) is 0 Å². The number of hydrogen-bond acceptors (Lipinski definition) is 1. The number of hydrogen-bond donors (Lipinski definition) is 1. The van der Waals surface area contributed by atoms with Gasteiger partial charge in [-0.15, -0.1) is 0 Å². The molecule has 1 nitrogen and oxygen atoms in total. The van der Waals surface area contributed by atoms with E-state index in [0.717, 1.165) is 6.54 Å². The van der Waals surface area contributed by atoms with Gasteiger partial charge < -0.3 is 5.73 Å². The van der Waals surface area contributed by atoms with Gasteiger partial charge in [-0.2, -0.15) is 0 Å². The Morgan fingerprint density at radius 1 is 0.778 bits per heavy atom.